The van der Waals surface area contributed by atoms with Crippen LogP contribution in [0.1, 0.15) is 64.9 Å². The summed E-state index contributed by atoms with van der Waals surface area (Å²) in [5.41, 5.74) is 4.70. The molecule has 2 aliphatic rings. The van der Waals surface area contributed by atoms with Crippen LogP contribution in [-0.2, 0) is 22.6 Å². The Morgan fingerprint density at radius 2 is 1.79 bits per heavy atom. The van der Waals surface area contributed by atoms with Gasteiger partial charge in [-0.1, -0.05) is 42.8 Å². The molecule has 9 nitrogen and oxygen atoms in total. The average Bonchev–Trinajstić information content (AvgIpc) is 3.43. The first-order valence-electron chi connectivity index (χ1n) is 13.4. The number of hydrogen-bond donors (Lipinski definition) is 0. The van der Waals surface area contributed by atoms with E-state index < -0.39 is 0 Å². The SMILES string of the molecule is CCC(=O)N1CCc2ccc(OCc3nc(C(=O)N4CCN(C(C)=O)CC4)co3)cc2C1c1cccc(C)c1. The number of benzene rings is 2. The van der Waals surface area contributed by atoms with Crippen LogP contribution >= 0.6 is 0 Å². The molecule has 2 aliphatic heterocycles. The predicted molar refractivity (Wildman–Crippen MR) is 144 cm³/mol. The molecule has 0 saturated carbocycles. The van der Waals surface area contributed by atoms with Gasteiger partial charge in [-0.3, -0.25) is 14.4 Å². The fraction of sp³-hybridized carbons (Fsp3) is 0.400. The summed E-state index contributed by atoms with van der Waals surface area (Å²) in [6.45, 7) is 8.18. The van der Waals surface area contributed by atoms with Gasteiger partial charge < -0.3 is 23.9 Å². The Morgan fingerprint density at radius 3 is 2.51 bits per heavy atom. The van der Waals surface area contributed by atoms with Gasteiger partial charge in [0.05, 0.1) is 6.04 Å². The van der Waals surface area contributed by atoms with Crippen LogP contribution in [0.4, 0.5) is 0 Å². The van der Waals surface area contributed by atoms with Crippen LogP contribution in [0.2, 0.25) is 0 Å². The van der Waals surface area contributed by atoms with Gasteiger partial charge in [-0.15, -0.1) is 0 Å². The Morgan fingerprint density at radius 1 is 1.03 bits per heavy atom. The summed E-state index contributed by atoms with van der Waals surface area (Å²) in [4.78, 5) is 47.0. The second-order valence-corrected chi connectivity index (χ2v) is 10.1. The molecule has 3 amide bonds. The molecule has 1 atom stereocenters. The largest absolute Gasteiger partial charge is 0.484 e. The molecular formula is C30H34N4O5. The molecule has 0 spiro atoms. The molecule has 1 fully saturated rings. The highest BCUT2D eigenvalue weighted by Gasteiger charge is 2.32. The summed E-state index contributed by atoms with van der Waals surface area (Å²) < 4.78 is 11.6. The Bertz CT molecular complexity index is 1380. The number of oxazole rings is 1. The molecule has 2 aromatic carbocycles. The van der Waals surface area contributed by atoms with Gasteiger partial charge in [0.2, 0.25) is 17.7 Å². The Kier molecular flexibility index (Phi) is 7.67. The minimum absolute atomic E-state index is 0.0139. The number of carbonyl (C=O) groups is 3. The van der Waals surface area contributed by atoms with Gasteiger partial charge in [0.15, 0.2) is 12.3 Å². The lowest BCUT2D eigenvalue weighted by Crippen LogP contribution is -2.50. The summed E-state index contributed by atoms with van der Waals surface area (Å²) >= 11 is 0. The van der Waals surface area contributed by atoms with Crippen LogP contribution < -0.4 is 4.74 Å². The first kappa shape index (κ1) is 26.5. The fourth-order valence-corrected chi connectivity index (χ4v) is 5.36. The average molecular weight is 531 g/mol. The van der Waals surface area contributed by atoms with Crippen LogP contribution in [0.15, 0.2) is 53.1 Å². The number of hydrogen-bond acceptors (Lipinski definition) is 6. The highest BCUT2D eigenvalue weighted by Crippen LogP contribution is 2.38. The van der Waals surface area contributed by atoms with Crippen molar-refractivity contribution in [1.29, 1.82) is 0 Å². The summed E-state index contributed by atoms with van der Waals surface area (Å²) in [6.07, 6.45) is 2.59. The number of rotatable bonds is 6. The molecule has 0 N–H and O–H groups in total. The normalized spacial score (nSPS) is 17.1. The number of aryl methyl sites for hydroxylation is 1. The standard InChI is InChI=1S/C30H34N4O5/c1-4-28(36)34-11-10-22-8-9-24(17-25(22)29(34)23-7-5-6-20(2)16-23)38-19-27-31-26(18-39-27)30(37)33-14-12-32(13-15-33)21(3)35/h5-9,16-18,29H,4,10-15,19H2,1-3H3. The van der Waals surface area contributed by atoms with Gasteiger partial charge in [0.1, 0.15) is 12.0 Å². The number of aromatic nitrogens is 1. The van der Waals surface area contributed by atoms with Crippen molar-refractivity contribution in [3.63, 3.8) is 0 Å². The Hall–Kier alpha value is -4.14. The summed E-state index contributed by atoms with van der Waals surface area (Å²) in [7, 11) is 0. The van der Waals surface area contributed by atoms with Gasteiger partial charge >= 0.3 is 0 Å². The minimum atomic E-state index is -0.219. The van der Waals surface area contributed by atoms with Crippen molar-refractivity contribution >= 4 is 17.7 Å². The third-order valence-corrected chi connectivity index (χ3v) is 7.47. The van der Waals surface area contributed by atoms with Gasteiger partial charge in [0, 0.05) is 46.1 Å². The smallest absolute Gasteiger partial charge is 0.275 e. The number of amides is 3. The van der Waals surface area contributed by atoms with Crippen molar-refractivity contribution in [1.82, 2.24) is 19.7 Å². The monoisotopic (exact) mass is 530 g/mol. The van der Waals surface area contributed by atoms with E-state index in [2.05, 4.69) is 36.2 Å². The highest BCUT2D eigenvalue weighted by molar-refractivity contribution is 5.92. The molecule has 3 aromatic rings. The molecule has 1 saturated heterocycles. The molecule has 1 unspecified atom stereocenters. The number of carbonyl (C=O) groups excluding carboxylic acids is 3. The topological polar surface area (TPSA) is 96.2 Å². The van der Waals surface area contributed by atoms with E-state index in [1.54, 1.807) is 9.80 Å². The van der Waals surface area contributed by atoms with Crippen molar-refractivity contribution in [3.8, 4) is 5.75 Å². The lowest BCUT2D eigenvalue weighted by atomic mass is 9.87. The highest BCUT2D eigenvalue weighted by atomic mass is 16.5. The summed E-state index contributed by atoms with van der Waals surface area (Å²) in [6, 6.07) is 14.1. The predicted octanol–water partition coefficient (Wildman–Crippen LogP) is 3.75. The van der Waals surface area contributed by atoms with E-state index in [1.807, 2.05) is 30.0 Å². The van der Waals surface area contributed by atoms with E-state index in [4.69, 9.17) is 9.15 Å². The Labute approximate surface area is 228 Å². The maximum absolute atomic E-state index is 12.9. The second kappa shape index (κ2) is 11.3. The number of ether oxygens (including phenoxy) is 1. The van der Waals surface area contributed by atoms with Gasteiger partial charge in [-0.05, 0) is 42.2 Å². The summed E-state index contributed by atoms with van der Waals surface area (Å²) in [5, 5.41) is 0. The van der Waals surface area contributed by atoms with Crippen LogP contribution in [-0.4, -0.2) is 70.1 Å². The van der Waals surface area contributed by atoms with Crippen molar-refractivity contribution < 1.29 is 23.5 Å². The lowest BCUT2D eigenvalue weighted by molar-refractivity contribution is -0.133. The number of piperazine rings is 1. The first-order chi connectivity index (χ1) is 18.8. The van der Waals surface area contributed by atoms with E-state index in [1.165, 1.54) is 18.8 Å². The van der Waals surface area contributed by atoms with E-state index >= 15 is 0 Å². The second-order valence-electron chi connectivity index (χ2n) is 10.1. The van der Waals surface area contributed by atoms with Crippen LogP contribution in [0.5, 0.6) is 5.75 Å². The molecule has 0 radical (unpaired) electrons. The maximum atomic E-state index is 12.9. The van der Waals surface area contributed by atoms with Crippen molar-refractivity contribution in [2.24, 2.45) is 0 Å². The lowest BCUT2D eigenvalue weighted by Gasteiger charge is -2.38. The van der Waals surface area contributed by atoms with Crippen molar-refractivity contribution in [3.05, 3.63) is 82.6 Å². The van der Waals surface area contributed by atoms with Crippen molar-refractivity contribution in [2.45, 2.75) is 46.3 Å². The molecule has 3 heterocycles. The van der Waals surface area contributed by atoms with E-state index in [0.717, 1.165) is 23.1 Å². The van der Waals surface area contributed by atoms with Crippen molar-refractivity contribution in [2.75, 3.05) is 32.7 Å². The Balaban J connectivity index is 1.30. The molecule has 0 aliphatic carbocycles. The minimum Gasteiger partial charge on any atom is -0.484 e. The molecular weight excluding hydrogens is 496 g/mol. The van der Waals surface area contributed by atoms with Crippen LogP contribution in [0, 0.1) is 6.92 Å². The zero-order valence-electron chi connectivity index (χ0n) is 22.7. The fourth-order valence-electron chi connectivity index (χ4n) is 5.36. The molecule has 204 valence electrons. The molecule has 39 heavy (non-hydrogen) atoms. The maximum Gasteiger partial charge on any atom is 0.275 e. The number of nitrogens with zero attached hydrogens (tertiary/aromatic N) is 4. The zero-order chi connectivity index (χ0) is 27.5. The van der Waals surface area contributed by atoms with Gasteiger partial charge in [0.25, 0.3) is 5.91 Å². The van der Waals surface area contributed by atoms with Gasteiger partial charge in [-0.25, -0.2) is 4.98 Å². The van der Waals surface area contributed by atoms with Gasteiger partial charge in [-0.2, -0.15) is 0 Å². The molecule has 5 rings (SSSR count). The van der Waals surface area contributed by atoms with E-state index in [9.17, 15) is 14.4 Å². The molecule has 0 bridgehead atoms. The third kappa shape index (κ3) is 5.67. The molecule has 9 heteroatoms. The number of fused-ring (bicyclic) bond motifs is 1. The third-order valence-electron chi connectivity index (χ3n) is 7.47. The summed E-state index contributed by atoms with van der Waals surface area (Å²) in [5.74, 6) is 0.863. The van der Waals surface area contributed by atoms with Crippen LogP contribution in [0.3, 0.4) is 0 Å². The quantitative estimate of drug-likeness (QED) is 0.482. The van der Waals surface area contributed by atoms with E-state index in [-0.39, 0.29) is 36.1 Å². The zero-order valence-corrected chi connectivity index (χ0v) is 22.7. The first-order valence-corrected chi connectivity index (χ1v) is 13.4. The van der Waals surface area contributed by atoms with Crippen LogP contribution in [0.25, 0.3) is 0 Å². The molecule has 1 aromatic heterocycles. The van der Waals surface area contributed by atoms with E-state index in [0.29, 0.717) is 50.8 Å².